The van der Waals surface area contributed by atoms with E-state index >= 15 is 0 Å². The Morgan fingerprint density at radius 2 is 1.94 bits per heavy atom. The molecule has 6 nitrogen and oxygen atoms in total. The number of likely N-dealkylation sites (tertiary alicyclic amines) is 2. The highest BCUT2D eigenvalue weighted by atomic mass is 19.1. The smallest absolute Gasteiger partial charge is 0.229 e. The molecule has 1 atom stereocenters. The van der Waals surface area contributed by atoms with Crippen molar-refractivity contribution in [3.8, 4) is 0 Å². The van der Waals surface area contributed by atoms with Crippen LogP contribution in [0.25, 0.3) is 0 Å². The molecule has 0 bridgehead atoms. The van der Waals surface area contributed by atoms with E-state index in [0.29, 0.717) is 44.5 Å². The van der Waals surface area contributed by atoms with Crippen LogP contribution < -0.4 is 5.32 Å². The predicted octanol–water partition coefficient (Wildman–Crippen LogP) is 3.80. The molecule has 4 rings (SSSR count). The summed E-state index contributed by atoms with van der Waals surface area (Å²) >= 11 is 0. The average molecular weight is 439 g/mol. The van der Waals surface area contributed by atoms with Gasteiger partial charge in [0.15, 0.2) is 0 Å². The molecule has 170 valence electrons. The van der Waals surface area contributed by atoms with E-state index in [0.717, 1.165) is 24.2 Å². The van der Waals surface area contributed by atoms with Crippen molar-refractivity contribution in [3.05, 3.63) is 59.5 Å². The molecule has 2 aliphatic rings. The summed E-state index contributed by atoms with van der Waals surface area (Å²) in [5.41, 5.74) is 0.918. The molecule has 2 saturated heterocycles. The van der Waals surface area contributed by atoms with Crippen LogP contribution in [-0.2, 0) is 16.0 Å². The van der Waals surface area contributed by atoms with Crippen molar-refractivity contribution in [2.75, 3.05) is 32.0 Å². The first-order chi connectivity index (χ1) is 15.4. The maximum absolute atomic E-state index is 14.6. The Labute approximate surface area is 188 Å². The number of benzene rings is 1. The van der Waals surface area contributed by atoms with Crippen molar-refractivity contribution in [2.45, 2.75) is 45.1 Å². The fourth-order valence-electron chi connectivity index (χ4n) is 5.17. The van der Waals surface area contributed by atoms with E-state index in [9.17, 15) is 14.0 Å². The highest BCUT2D eigenvalue weighted by Gasteiger charge is 2.47. The number of piperidine rings is 1. The van der Waals surface area contributed by atoms with Gasteiger partial charge in [0.2, 0.25) is 11.8 Å². The molecule has 3 heterocycles. The maximum Gasteiger partial charge on any atom is 0.229 e. The van der Waals surface area contributed by atoms with Crippen LogP contribution in [0.15, 0.2) is 42.6 Å². The lowest BCUT2D eigenvalue weighted by Gasteiger charge is -2.43. The van der Waals surface area contributed by atoms with Crippen molar-refractivity contribution in [2.24, 2.45) is 5.41 Å². The quantitative estimate of drug-likeness (QED) is 0.771. The number of halogens is 1. The lowest BCUT2D eigenvalue weighted by molar-refractivity contribution is -0.149. The minimum absolute atomic E-state index is 0.0130. The Kier molecular flexibility index (Phi) is 6.44. The topological polar surface area (TPSA) is 65.5 Å². The highest BCUT2D eigenvalue weighted by molar-refractivity contribution is 5.84. The molecule has 2 aliphatic heterocycles. The van der Waals surface area contributed by atoms with Crippen LogP contribution in [0.2, 0.25) is 0 Å². The molecule has 2 aromatic rings. The van der Waals surface area contributed by atoms with Gasteiger partial charge in [-0.05, 0) is 61.4 Å². The zero-order valence-electron chi connectivity index (χ0n) is 18.8. The van der Waals surface area contributed by atoms with Crippen LogP contribution in [0.1, 0.15) is 49.8 Å². The fraction of sp³-hybridized carbons (Fsp3) is 0.480. The summed E-state index contributed by atoms with van der Waals surface area (Å²) in [7, 11) is 1.83. The normalized spacial score (nSPS) is 20.3. The predicted molar refractivity (Wildman–Crippen MR) is 121 cm³/mol. The van der Waals surface area contributed by atoms with Gasteiger partial charge in [-0.15, -0.1) is 0 Å². The Morgan fingerprint density at radius 1 is 1.19 bits per heavy atom. The zero-order chi connectivity index (χ0) is 22.7. The van der Waals surface area contributed by atoms with E-state index in [1.807, 2.05) is 30.1 Å². The van der Waals surface area contributed by atoms with Gasteiger partial charge in [-0.2, -0.15) is 0 Å². The van der Waals surface area contributed by atoms with Crippen molar-refractivity contribution < 1.29 is 14.0 Å². The summed E-state index contributed by atoms with van der Waals surface area (Å²) in [5.74, 6) is 0.596. The number of rotatable bonds is 5. The third kappa shape index (κ3) is 4.33. The minimum atomic E-state index is -0.713. The van der Waals surface area contributed by atoms with Crippen molar-refractivity contribution >= 4 is 17.6 Å². The largest absolute Gasteiger partial charge is 0.373 e. The lowest BCUT2D eigenvalue weighted by Crippen LogP contribution is -2.52. The highest BCUT2D eigenvalue weighted by Crippen LogP contribution is 2.42. The lowest BCUT2D eigenvalue weighted by atomic mass is 9.72. The number of nitrogens with one attached hydrogen (secondary N) is 1. The van der Waals surface area contributed by atoms with E-state index in [2.05, 4.69) is 10.3 Å². The van der Waals surface area contributed by atoms with Gasteiger partial charge >= 0.3 is 0 Å². The van der Waals surface area contributed by atoms with Gasteiger partial charge in [0, 0.05) is 39.8 Å². The summed E-state index contributed by atoms with van der Waals surface area (Å²) in [5, 5.41) is 3.07. The Bertz CT molecular complexity index is 987. The second kappa shape index (κ2) is 9.27. The van der Waals surface area contributed by atoms with E-state index < -0.39 is 5.41 Å². The zero-order valence-corrected chi connectivity index (χ0v) is 18.8. The number of carbonyl (C=O) groups excluding carboxylic acids is 2. The third-order valence-electron chi connectivity index (χ3n) is 7.04. The third-order valence-corrected chi connectivity index (χ3v) is 7.04. The molecular weight excluding hydrogens is 407 g/mol. The molecule has 1 N–H and O–H groups in total. The van der Waals surface area contributed by atoms with Gasteiger partial charge in [0.1, 0.15) is 11.6 Å². The Morgan fingerprint density at radius 3 is 2.62 bits per heavy atom. The van der Waals surface area contributed by atoms with Gasteiger partial charge in [0.25, 0.3) is 0 Å². The number of hydrogen-bond donors (Lipinski definition) is 1. The van der Waals surface area contributed by atoms with E-state index in [1.54, 1.807) is 30.2 Å². The van der Waals surface area contributed by atoms with Crippen molar-refractivity contribution in [1.29, 1.82) is 0 Å². The summed E-state index contributed by atoms with van der Waals surface area (Å²) in [6.45, 7) is 3.29. The van der Waals surface area contributed by atoms with E-state index in [4.69, 9.17) is 0 Å². The minimum Gasteiger partial charge on any atom is -0.373 e. The van der Waals surface area contributed by atoms with Crippen LogP contribution in [0.5, 0.6) is 0 Å². The van der Waals surface area contributed by atoms with E-state index in [1.165, 1.54) is 6.07 Å². The molecule has 7 heteroatoms. The second-order valence-corrected chi connectivity index (χ2v) is 8.94. The molecule has 1 aromatic carbocycles. The summed E-state index contributed by atoms with van der Waals surface area (Å²) in [4.78, 5) is 34.1. The molecular formula is C25H31FN4O2. The number of amides is 2. The molecule has 0 spiro atoms. The van der Waals surface area contributed by atoms with Crippen molar-refractivity contribution in [1.82, 2.24) is 14.8 Å². The summed E-state index contributed by atoms with van der Waals surface area (Å²) < 4.78 is 14.6. The van der Waals surface area contributed by atoms with Crippen LogP contribution in [-0.4, -0.2) is 53.3 Å². The van der Waals surface area contributed by atoms with Gasteiger partial charge in [0.05, 0.1) is 11.5 Å². The first kappa shape index (κ1) is 22.2. The Balaban J connectivity index is 1.65. The Hall–Kier alpha value is -2.96. The molecule has 1 unspecified atom stereocenters. The fourth-order valence-corrected chi connectivity index (χ4v) is 5.17. The SMILES string of the molecule is CNc1cc(C2CCCN2C(=O)C2(Cc3ccccc3F)CCN(C(C)=O)CC2)ccn1. The van der Waals surface area contributed by atoms with E-state index in [-0.39, 0.29) is 23.7 Å². The summed E-state index contributed by atoms with van der Waals surface area (Å²) in [6.07, 6.45) is 5.04. The molecule has 0 radical (unpaired) electrons. The van der Waals surface area contributed by atoms with Crippen LogP contribution in [0.4, 0.5) is 10.2 Å². The molecule has 1 aromatic heterocycles. The summed E-state index contributed by atoms with van der Waals surface area (Å²) in [6, 6.07) is 10.7. The molecule has 0 saturated carbocycles. The number of aromatic nitrogens is 1. The molecule has 2 fully saturated rings. The number of hydrogen-bond acceptors (Lipinski definition) is 4. The van der Waals surface area contributed by atoms with Gasteiger partial charge < -0.3 is 15.1 Å². The van der Waals surface area contributed by atoms with Gasteiger partial charge in [-0.25, -0.2) is 9.37 Å². The van der Waals surface area contributed by atoms with Crippen LogP contribution in [0.3, 0.4) is 0 Å². The molecule has 2 amide bonds. The number of nitrogens with zero attached hydrogens (tertiary/aromatic N) is 3. The monoisotopic (exact) mass is 438 g/mol. The second-order valence-electron chi connectivity index (χ2n) is 8.94. The first-order valence-corrected chi connectivity index (χ1v) is 11.4. The van der Waals surface area contributed by atoms with Crippen molar-refractivity contribution in [3.63, 3.8) is 0 Å². The molecule has 32 heavy (non-hydrogen) atoms. The molecule has 0 aliphatic carbocycles. The van der Waals surface area contributed by atoms with Crippen LogP contribution in [0, 0.1) is 11.2 Å². The van der Waals surface area contributed by atoms with Crippen LogP contribution >= 0.6 is 0 Å². The van der Waals surface area contributed by atoms with Gasteiger partial charge in [-0.3, -0.25) is 9.59 Å². The average Bonchev–Trinajstić information content (AvgIpc) is 3.30. The number of anilines is 1. The van der Waals surface area contributed by atoms with Gasteiger partial charge in [-0.1, -0.05) is 18.2 Å². The number of pyridine rings is 1. The first-order valence-electron chi connectivity index (χ1n) is 11.4. The standard InChI is InChI=1S/C25H31FN4O2/c1-18(31)29-14-10-25(11-15-29,17-20-6-3-4-7-21(20)26)24(32)30-13-5-8-22(30)19-9-12-28-23(16-19)27-2/h3-4,6-7,9,12,16,22H,5,8,10-11,13-15,17H2,1-2H3,(H,27,28). The maximum atomic E-state index is 14.6. The number of carbonyl (C=O) groups is 2.